The maximum atomic E-state index is 11.1. The van der Waals surface area contributed by atoms with Gasteiger partial charge in [0.1, 0.15) is 5.75 Å². The fourth-order valence-electron chi connectivity index (χ4n) is 1.85. The minimum Gasteiger partial charge on any atom is -0.482 e. The summed E-state index contributed by atoms with van der Waals surface area (Å²) in [6.45, 7) is 12.7. The fraction of sp³-hybridized carbons (Fsp3) is 0.611. The lowest BCUT2D eigenvalue weighted by Gasteiger charge is -2.29. The largest absolute Gasteiger partial charge is 0.482 e. The second kappa shape index (κ2) is 6.43. The first-order valence-electron chi connectivity index (χ1n) is 7.41. The molecular formula is C18H27O2. The summed E-state index contributed by atoms with van der Waals surface area (Å²) in [6, 6.07) is 8.06. The molecule has 0 bridgehead atoms. The predicted octanol–water partition coefficient (Wildman–Crippen LogP) is 4.67. The van der Waals surface area contributed by atoms with Crippen LogP contribution in [-0.2, 0) is 10.2 Å². The van der Waals surface area contributed by atoms with Gasteiger partial charge in [-0.1, -0.05) is 53.7 Å². The number of benzene rings is 1. The quantitative estimate of drug-likeness (QED) is 0.723. The van der Waals surface area contributed by atoms with Gasteiger partial charge in [-0.25, -0.2) is 0 Å². The van der Waals surface area contributed by atoms with Crippen molar-refractivity contribution >= 4 is 6.29 Å². The molecule has 0 fully saturated rings. The molecule has 0 saturated heterocycles. The minimum absolute atomic E-state index is 0.164. The molecule has 2 heteroatoms. The Morgan fingerprint density at radius 2 is 1.60 bits per heavy atom. The van der Waals surface area contributed by atoms with E-state index in [9.17, 15) is 4.79 Å². The zero-order chi connectivity index (χ0) is 15.4. The van der Waals surface area contributed by atoms with Crippen LogP contribution in [0.15, 0.2) is 24.3 Å². The van der Waals surface area contributed by atoms with Crippen molar-refractivity contribution in [3.63, 3.8) is 0 Å². The first-order chi connectivity index (χ1) is 9.26. The third-order valence-corrected chi connectivity index (χ3v) is 4.50. The molecule has 1 rings (SSSR count). The number of rotatable bonds is 7. The van der Waals surface area contributed by atoms with E-state index in [0.29, 0.717) is 0 Å². The van der Waals surface area contributed by atoms with Crippen molar-refractivity contribution in [2.24, 2.45) is 5.41 Å². The Morgan fingerprint density at radius 3 is 2.00 bits per heavy atom. The van der Waals surface area contributed by atoms with Crippen LogP contribution in [0.3, 0.4) is 0 Å². The highest BCUT2D eigenvalue weighted by atomic mass is 16.5. The summed E-state index contributed by atoms with van der Waals surface area (Å²) in [6.07, 6.45) is 3.45. The van der Waals surface area contributed by atoms with Gasteiger partial charge in [-0.3, -0.25) is 4.79 Å². The standard InChI is InChI=1S/C18H27O2/c1-7-17(3,4)14-9-11-15(12-10-14)20-16(13-19)18(5,6)8-2/h9-12,16H,7-8H2,1-6H3. The highest BCUT2D eigenvalue weighted by Crippen LogP contribution is 2.30. The molecule has 1 atom stereocenters. The maximum Gasteiger partial charge on any atom is 0.243 e. The van der Waals surface area contributed by atoms with Gasteiger partial charge >= 0.3 is 0 Å². The monoisotopic (exact) mass is 275 g/mol. The summed E-state index contributed by atoms with van der Waals surface area (Å²) < 4.78 is 5.80. The topological polar surface area (TPSA) is 26.3 Å². The lowest BCUT2D eigenvalue weighted by atomic mass is 9.82. The Balaban J connectivity index is 2.87. The first-order valence-corrected chi connectivity index (χ1v) is 7.41. The van der Waals surface area contributed by atoms with Gasteiger partial charge in [-0.15, -0.1) is 0 Å². The third-order valence-electron chi connectivity index (χ3n) is 4.50. The van der Waals surface area contributed by atoms with E-state index in [4.69, 9.17) is 4.74 Å². The highest BCUT2D eigenvalue weighted by molar-refractivity contribution is 5.59. The fourth-order valence-corrected chi connectivity index (χ4v) is 1.85. The summed E-state index contributed by atoms with van der Waals surface area (Å²) in [7, 11) is 0. The van der Waals surface area contributed by atoms with Crippen LogP contribution in [0.2, 0.25) is 0 Å². The van der Waals surface area contributed by atoms with Crippen molar-refractivity contribution in [2.45, 2.75) is 65.9 Å². The Bertz CT molecular complexity index is 429. The first kappa shape index (κ1) is 16.7. The van der Waals surface area contributed by atoms with E-state index < -0.39 is 6.10 Å². The Hall–Kier alpha value is -1.31. The third kappa shape index (κ3) is 3.84. The van der Waals surface area contributed by atoms with Gasteiger partial charge < -0.3 is 4.74 Å². The lowest BCUT2D eigenvalue weighted by Crippen LogP contribution is -2.35. The van der Waals surface area contributed by atoms with Gasteiger partial charge in [-0.05, 0) is 36.0 Å². The van der Waals surface area contributed by atoms with Crippen molar-refractivity contribution < 1.29 is 9.53 Å². The minimum atomic E-state index is -0.530. The summed E-state index contributed by atoms with van der Waals surface area (Å²) in [5.41, 5.74) is 1.24. The van der Waals surface area contributed by atoms with Crippen molar-refractivity contribution in [1.82, 2.24) is 0 Å². The molecule has 2 nitrogen and oxygen atoms in total. The molecule has 0 saturated carbocycles. The Morgan fingerprint density at radius 1 is 1.05 bits per heavy atom. The summed E-state index contributed by atoms with van der Waals surface area (Å²) in [5, 5.41) is 0. The molecule has 1 aromatic rings. The predicted molar refractivity (Wildman–Crippen MR) is 83.9 cm³/mol. The molecule has 0 aliphatic rings. The van der Waals surface area contributed by atoms with E-state index in [1.165, 1.54) is 5.56 Å². The molecule has 0 spiro atoms. The van der Waals surface area contributed by atoms with Gasteiger partial charge in [0.05, 0.1) is 0 Å². The van der Waals surface area contributed by atoms with E-state index >= 15 is 0 Å². The van der Waals surface area contributed by atoms with E-state index in [1.807, 2.05) is 32.3 Å². The molecule has 1 unspecified atom stereocenters. The van der Waals surface area contributed by atoms with Gasteiger partial charge in [0.15, 0.2) is 6.10 Å². The number of hydrogen-bond donors (Lipinski definition) is 0. The summed E-state index contributed by atoms with van der Waals surface area (Å²) in [4.78, 5) is 11.1. The molecule has 1 radical (unpaired) electrons. The smallest absolute Gasteiger partial charge is 0.243 e. The molecule has 0 N–H and O–H groups in total. The molecule has 0 aromatic heterocycles. The average molecular weight is 275 g/mol. The molecule has 0 heterocycles. The molecule has 111 valence electrons. The van der Waals surface area contributed by atoms with E-state index in [2.05, 4.69) is 39.8 Å². The van der Waals surface area contributed by atoms with Gasteiger partial charge in [0, 0.05) is 5.41 Å². The van der Waals surface area contributed by atoms with Crippen LogP contribution in [0.25, 0.3) is 0 Å². The highest BCUT2D eigenvalue weighted by Gasteiger charge is 2.30. The van der Waals surface area contributed by atoms with Crippen LogP contribution < -0.4 is 4.74 Å². The van der Waals surface area contributed by atoms with Crippen molar-refractivity contribution in [1.29, 1.82) is 0 Å². The number of hydrogen-bond acceptors (Lipinski definition) is 2. The molecule has 1 aromatic carbocycles. The second-order valence-electron chi connectivity index (χ2n) is 6.72. The second-order valence-corrected chi connectivity index (χ2v) is 6.72. The van der Waals surface area contributed by atoms with E-state index in [1.54, 1.807) is 0 Å². The Labute approximate surface area is 123 Å². The van der Waals surface area contributed by atoms with Crippen LogP contribution in [0.5, 0.6) is 5.75 Å². The van der Waals surface area contributed by atoms with Crippen LogP contribution in [0.4, 0.5) is 0 Å². The van der Waals surface area contributed by atoms with Gasteiger partial charge in [0.2, 0.25) is 6.29 Å². The molecular weight excluding hydrogens is 248 g/mol. The summed E-state index contributed by atoms with van der Waals surface area (Å²) in [5.74, 6) is 0.732. The number of ether oxygens (including phenoxy) is 1. The van der Waals surface area contributed by atoms with Crippen molar-refractivity contribution in [2.75, 3.05) is 0 Å². The summed E-state index contributed by atoms with van der Waals surface area (Å²) >= 11 is 0. The van der Waals surface area contributed by atoms with Crippen LogP contribution >= 0.6 is 0 Å². The molecule has 0 aliphatic carbocycles. The van der Waals surface area contributed by atoms with Crippen LogP contribution in [0, 0.1) is 5.41 Å². The van der Waals surface area contributed by atoms with Crippen molar-refractivity contribution in [3.8, 4) is 5.75 Å². The zero-order valence-electron chi connectivity index (χ0n) is 13.6. The lowest BCUT2D eigenvalue weighted by molar-refractivity contribution is 0.122. The van der Waals surface area contributed by atoms with Crippen molar-refractivity contribution in [3.05, 3.63) is 29.8 Å². The van der Waals surface area contributed by atoms with Crippen LogP contribution in [0.1, 0.15) is 59.9 Å². The SMILES string of the molecule is CCC(C)(C)c1ccc(OC([C]=O)C(C)(C)CC)cc1. The Kier molecular flexibility index (Phi) is 5.38. The normalized spacial score (nSPS) is 13.9. The average Bonchev–Trinajstić information content (AvgIpc) is 2.45. The van der Waals surface area contributed by atoms with Gasteiger partial charge in [-0.2, -0.15) is 0 Å². The van der Waals surface area contributed by atoms with E-state index in [0.717, 1.165) is 18.6 Å². The molecule has 0 aliphatic heterocycles. The molecule has 20 heavy (non-hydrogen) atoms. The van der Waals surface area contributed by atoms with E-state index in [-0.39, 0.29) is 10.8 Å². The van der Waals surface area contributed by atoms with Crippen LogP contribution in [-0.4, -0.2) is 12.4 Å². The molecule has 0 amide bonds. The maximum absolute atomic E-state index is 11.1. The zero-order valence-corrected chi connectivity index (χ0v) is 13.6. The number of carbonyl (C=O) groups excluding carboxylic acids is 1. The van der Waals surface area contributed by atoms with Gasteiger partial charge in [0.25, 0.3) is 0 Å².